The average molecular weight is 368 g/mol. The number of nitrogens with zero attached hydrogens (tertiary/aromatic N) is 2. The fourth-order valence-corrected chi connectivity index (χ4v) is 3.22. The molecule has 0 saturated heterocycles. The number of benzene rings is 2. The third-order valence-corrected chi connectivity index (χ3v) is 4.55. The number of H-pyrrole nitrogens is 2. The van der Waals surface area contributed by atoms with Crippen molar-refractivity contribution in [3.8, 4) is 0 Å². The van der Waals surface area contributed by atoms with Crippen LogP contribution in [0.5, 0.6) is 0 Å². The van der Waals surface area contributed by atoms with Gasteiger partial charge in [-0.3, -0.25) is 4.79 Å². The van der Waals surface area contributed by atoms with Crippen molar-refractivity contribution < 1.29 is 9.21 Å². The predicted octanol–water partition coefficient (Wildman–Crippen LogP) is 4.54. The van der Waals surface area contributed by atoms with E-state index in [0.29, 0.717) is 29.4 Å². The van der Waals surface area contributed by atoms with Gasteiger partial charge in [-0.25, -0.2) is 9.97 Å². The van der Waals surface area contributed by atoms with Crippen LogP contribution in [0.1, 0.15) is 22.2 Å². The Kier molecular flexibility index (Phi) is 3.87. The summed E-state index contributed by atoms with van der Waals surface area (Å²) in [6, 6.07) is 19.0. The maximum absolute atomic E-state index is 13.2. The molecule has 0 unspecified atom stereocenters. The van der Waals surface area contributed by atoms with Gasteiger partial charge in [0.05, 0.1) is 28.3 Å². The van der Waals surface area contributed by atoms with Gasteiger partial charge in [-0.05, 0) is 42.5 Å². The highest BCUT2D eigenvalue weighted by Crippen LogP contribution is 2.20. The molecule has 5 aromatic rings. The topological polar surface area (TPSA) is 87.6 Å². The van der Waals surface area contributed by atoms with Gasteiger partial charge < -0.3 is 14.4 Å². The number of ketones is 1. The van der Waals surface area contributed by atoms with Gasteiger partial charge in [0.1, 0.15) is 11.6 Å². The van der Waals surface area contributed by atoms with E-state index in [1.54, 1.807) is 18.4 Å². The standard InChI is InChI=1S/C22H16N4O2/c27-21(22-25-18-9-3-4-10-19(18)26-22)14(12-15-6-5-11-28-15)13-20-23-16-7-1-2-8-17(16)24-20/h1-12H,13H2,(H,23,24)(H,25,26)/b14-12+. The normalized spacial score (nSPS) is 12.1. The highest BCUT2D eigenvalue weighted by atomic mass is 16.3. The quantitative estimate of drug-likeness (QED) is 0.352. The summed E-state index contributed by atoms with van der Waals surface area (Å²) in [7, 11) is 0. The summed E-state index contributed by atoms with van der Waals surface area (Å²) in [5.74, 6) is 1.43. The van der Waals surface area contributed by atoms with Crippen LogP contribution in [0.4, 0.5) is 0 Å². The zero-order valence-electron chi connectivity index (χ0n) is 14.8. The lowest BCUT2D eigenvalue weighted by atomic mass is 10.1. The molecule has 0 fully saturated rings. The van der Waals surface area contributed by atoms with E-state index in [-0.39, 0.29) is 5.78 Å². The lowest BCUT2D eigenvalue weighted by molar-refractivity contribution is 0.102. The van der Waals surface area contributed by atoms with Crippen molar-refractivity contribution in [2.45, 2.75) is 6.42 Å². The molecule has 3 aromatic heterocycles. The number of imidazole rings is 2. The van der Waals surface area contributed by atoms with Gasteiger partial charge in [-0.15, -0.1) is 0 Å². The lowest BCUT2D eigenvalue weighted by Gasteiger charge is -2.03. The minimum atomic E-state index is -0.187. The van der Waals surface area contributed by atoms with Crippen molar-refractivity contribution in [1.82, 2.24) is 19.9 Å². The van der Waals surface area contributed by atoms with Crippen LogP contribution in [0.3, 0.4) is 0 Å². The van der Waals surface area contributed by atoms with E-state index in [1.807, 2.05) is 54.6 Å². The Morgan fingerprint density at radius 1 is 0.893 bits per heavy atom. The number of allylic oxidation sites excluding steroid dienone is 1. The molecule has 6 heteroatoms. The monoisotopic (exact) mass is 368 g/mol. The van der Waals surface area contributed by atoms with Crippen molar-refractivity contribution in [2.75, 3.05) is 0 Å². The van der Waals surface area contributed by atoms with Gasteiger partial charge in [-0.2, -0.15) is 0 Å². The SMILES string of the molecule is O=C(/C(=C/c1ccco1)Cc1nc2ccccc2[nH]1)c1nc2ccccc2[nH]1. The minimum absolute atomic E-state index is 0.187. The molecular formula is C22H16N4O2. The maximum atomic E-state index is 13.2. The number of aromatic nitrogens is 4. The fraction of sp³-hybridized carbons (Fsp3) is 0.0455. The molecule has 28 heavy (non-hydrogen) atoms. The van der Waals surface area contributed by atoms with Gasteiger partial charge in [0.2, 0.25) is 5.78 Å². The fourth-order valence-electron chi connectivity index (χ4n) is 3.22. The summed E-state index contributed by atoms with van der Waals surface area (Å²) in [5.41, 5.74) is 3.92. The van der Waals surface area contributed by atoms with Gasteiger partial charge in [0.15, 0.2) is 5.82 Å². The summed E-state index contributed by atoms with van der Waals surface area (Å²) in [4.78, 5) is 28.6. The molecule has 2 aromatic carbocycles. The van der Waals surface area contributed by atoms with Crippen LogP contribution in [-0.2, 0) is 6.42 Å². The van der Waals surface area contributed by atoms with E-state index in [1.165, 1.54) is 0 Å². The zero-order valence-corrected chi connectivity index (χ0v) is 14.8. The molecule has 136 valence electrons. The summed E-state index contributed by atoms with van der Waals surface area (Å²) in [6.07, 6.45) is 3.66. The molecule has 0 saturated carbocycles. The zero-order chi connectivity index (χ0) is 18.9. The van der Waals surface area contributed by atoms with Crippen LogP contribution < -0.4 is 0 Å². The second-order valence-corrected chi connectivity index (χ2v) is 6.49. The Balaban J connectivity index is 1.54. The highest BCUT2D eigenvalue weighted by Gasteiger charge is 2.19. The third kappa shape index (κ3) is 3.01. The summed E-state index contributed by atoms with van der Waals surface area (Å²) in [6.45, 7) is 0. The first kappa shape index (κ1) is 16.3. The third-order valence-electron chi connectivity index (χ3n) is 4.55. The molecule has 0 radical (unpaired) electrons. The molecule has 0 aliphatic carbocycles. The van der Waals surface area contributed by atoms with Crippen LogP contribution in [0, 0.1) is 0 Å². The summed E-state index contributed by atoms with van der Waals surface area (Å²) in [5, 5.41) is 0. The number of aromatic amines is 2. The second-order valence-electron chi connectivity index (χ2n) is 6.49. The first-order chi connectivity index (χ1) is 13.8. The number of para-hydroxylation sites is 4. The molecule has 3 heterocycles. The molecule has 0 bridgehead atoms. The Morgan fingerprint density at radius 3 is 2.29 bits per heavy atom. The Hall–Kier alpha value is -3.93. The number of Topliss-reactive ketones (excluding diaryl/α,β-unsaturated/α-hetero) is 1. The van der Waals surface area contributed by atoms with Crippen LogP contribution in [0.25, 0.3) is 28.1 Å². The van der Waals surface area contributed by atoms with Crippen molar-refractivity contribution >= 4 is 33.9 Å². The molecule has 0 aliphatic rings. The molecule has 0 spiro atoms. The smallest absolute Gasteiger partial charge is 0.224 e. The second kappa shape index (κ2) is 6.66. The lowest BCUT2D eigenvalue weighted by Crippen LogP contribution is -2.09. The molecule has 5 rings (SSSR count). The first-order valence-corrected chi connectivity index (χ1v) is 8.93. The number of carbonyl (C=O) groups is 1. The van der Waals surface area contributed by atoms with Crippen LogP contribution >= 0.6 is 0 Å². The van der Waals surface area contributed by atoms with E-state index in [2.05, 4.69) is 19.9 Å². The highest BCUT2D eigenvalue weighted by molar-refractivity contribution is 6.10. The first-order valence-electron chi connectivity index (χ1n) is 8.93. The number of furan rings is 1. The summed E-state index contributed by atoms with van der Waals surface area (Å²) >= 11 is 0. The minimum Gasteiger partial charge on any atom is -0.465 e. The number of hydrogen-bond donors (Lipinski definition) is 2. The van der Waals surface area contributed by atoms with Gasteiger partial charge in [0.25, 0.3) is 0 Å². The van der Waals surface area contributed by atoms with Crippen LogP contribution in [-0.4, -0.2) is 25.7 Å². The van der Waals surface area contributed by atoms with Crippen molar-refractivity contribution in [3.63, 3.8) is 0 Å². The molecule has 0 amide bonds. The maximum Gasteiger partial charge on any atom is 0.224 e. The Labute approximate surface area is 159 Å². The summed E-state index contributed by atoms with van der Waals surface area (Å²) < 4.78 is 5.42. The van der Waals surface area contributed by atoms with Gasteiger partial charge in [-0.1, -0.05) is 24.3 Å². The number of hydrogen-bond acceptors (Lipinski definition) is 4. The van der Waals surface area contributed by atoms with Crippen molar-refractivity contribution in [1.29, 1.82) is 0 Å². The number of fused-ring (bicyclic) bond motifs is 2. The molecular weight excluding hydrogens is 352 g/mol. The molecule has 0 aliphatic heterocycles. The number of nitrogens with one attached hydrogen (secondary N) is 2. The number of carbonyl (C=O) groups excluding carboxylic acids is 1. The molecule has 0 atom stereocenters. The Bertz CT molecular complexity index is 1240. The van der Waals surface area contributed by atoms with Gasteiger partial charge in [0, 0.05) is 12.0 Å². The molecule has 2 N–H and O–H groups in total. The van der Waals surface area contributed by atoms with Crippen LogP contribution in [0.15, 0.2) is 76.9 Å². The van der Waals surface area contributed by atoms with E-state index in [0.717, 1.165) is 22.1 Å². The van der Waals surface area contributed by atoms with E-state index >= 15 is 0 Å². The largest absolute Gasteiger partial charge is 0.465 e. The van der Waals surface area contributed by atoms with Gasteiger partial charge >= 0.3 is 0 Å². The van der Waals surface area contributed by atoms with Crippen molar-refractivity contribution in [3.05, 3.63) is 89.9 Å². The molecule has 6 nitrogen and oxygen atoms in total. The van der Waals surface area contributed by atoms with Crippen molar-refractivity contribution in [2.24, 2.45) is 0 Å². The van der Waals surface area contributed by atoms with E-state index in [9.17, 15) is 4.79 Å². The van der Waals surface area contributed by atoms with E-state index in [4.69, 9.17) is 4.42 Å². The van der Waals surface area contributed by atoms with E-state index < -0.39 is 0 Å². The van der Waals surface area contributed by atoms with Crippen LogP contribution in [0.2, 0.25) is 0 Å². The Morgan fingerprint density at radius 2 is 1.61 bits per heavy atom. The number of rotatable bonds is 5. The predicted molar refractivity (Wildman–Crippen MR) is 107 cm³/mol. The average Bonchev–Trinajstić information content (AvgIpc) is 3.45.